The van der Waals surface area contributed by atoms with E-state index in [0.717, 1.165) is 4.90 Å². The zero-order chi connectivity index (χ0) is 30.6. The molecule has 0 radical (unpaired) electrons. The van der Waals surface area contributed by atoms with Gasteiger partial charge in [-0.3, -0.25) is 24.6 Å². The third-order valence-corrected chi connectivity index (χ3v) is 7.57. The maximum atomic E-state index is 13.5. The summed E-state index contributed by atoms with van der Waals surface area (Å²) >= 11 is 6.95. The number of carboxylic acids is 1. The molecule has 1 amide bonds. The van der Waals surface area contributed by atoms with E-state index in [1.165, 1.54) is 55.5 Å². The second kappa shape index (κ2) is 12.7. The third-order valence-electron chi connectivity index (χ3n) is 5.84. The summed E-state index contributed by atoms with van der Waals surface area (Å²) in [5.41, 5.74) is -2.42. The minimum atomic E-state index is -1.19. The Hall–Kier alpha value is -3.94. The van der Waals surface area contributed by atoms with Crippen LogP contribution in [0.4, 0.5) is 5.69 Å². The topological polar surface area (TPSA) is 174 Å². The zero-order valence-electron chi connectivity index (χ0n) is 22.4. The van der Waals surface area contributed by atoms with Crippen molar-refractivity contribution in [3.63, 3.8) is 0 Å². The number of likely N-dealkylation sites (tertiary alicyclic amines) is 1. The third kappa shape index (κ3) is 7.43. The monoisotopic (exact) mass is 606 g/mol. The molecule has 1 fully saturated rings. The van der Waals surface area contributed by atoms with Crippen LogP contribution < -0.4 is 4.74 Å². The number of carbonyl (C=O) groups excluding carboxylic acids is 3. The average Bonchev–Trinajstić information content (AvgIpc) is 2.89. The van der Waals surface area contributed by atoms with Crippen molar-refractivity contribution in [2.24, 2.45) is 11.3 Å². The van der Waals surface area contributed by atoms with Gasteiger partial charge in [0.05, 0.1) is 22.5 Å². The van der Waals surface area contributed by atoms with E-state index in [1.807, 2.05) is 0 Å². The molecule has 0 aromatic heterocycles. The standard InChI is InChI=1S/C27H27ClN2O10S/c1-14(31)19-21(28)29(22(19)32)20(24(35)39-13-15-5-9-17(10-6-15)30(37)38)25(41-26(36)27(2,3)4)40-18-11-7-16(8-12-18)23(33)34/h5-12,14,19,21,31H,13H2,1-4H3,(H,33,34)/t14-,19-,21-/m1/s1. The van der Waals surface area contributed by atoms with E-state index >= 15 is 0 Å². The normalized spacial score (nSPS) is 18.1. The smallest absolute Gasteiger partial charge is 0.359 e. The number of nitrogens with zero attached hydrogens (tertiary/aromatic N) is 2. The SMILES string of the molecule is C[C@@H](O)[C@H]1C(=O)N(C(C(=O)OCc2ccc([N+](=O)[O-])cc2)=C(Oc2ccc(C(=O)O)cc2)SC(=O)C(C)(C)C)[C@H]1Cl. The van der Waals surface area contributed by atoms with Crippen molar-refractivity contribution >= 4 is 52.0 Å². The van der Waals surface area contributed by atoms with Crippen LogP contribution in [0, 0.1) is 21.4 Å². The molecule has 1 aliphatic rings. The van der Waals surface area contributed by atoms with Gasteiger partial charge in [-0.2, -0.15) is 0 Å². The van der Waals surface area contributed by atoms with E-state index in [9.17, 15) is 39.5 Å². The number of halogens is 1. The molecule has 3 atom stereocenters. The van der Waals surface area contributed by atoms with Gasteiger partial charge in [-0.1, -0.05) is 32.4 Å². The number of aliphatic hydroxyl groups excluding tert-OH is 1. The number of carboxylic acid groups (broad SMARTS) is 1. The Bertz CT molecular complexity index is 1380. The van der Waals surface area contributed by atoms with E-state index in [1.54, 1.807) is 20.8 Å². The van der Waals surface area contributed by atoms with Gasteiger partial charge in [0.15, 0.2) is 10.8 Å². The van der Waals surface area contributed by atoms with Crippen molar-refractivity contribution in [1.29, 1.82) is 0 Å². The number of β-lactam (4-membered cyclic amide) rings is 1. The Morgan fingerprint density at radius 3 is 2.17 bits per heavy atom. The fraction of sp³-hybridized carbons (Fsp3) is 0.333. The molecule has 41 heavy (non-hydrogen) atoms. The largest absolute Gasteiger partial charge is 0.478 e. The highest BCUT2D eigenvalue weighted by Gasteiger charge is 2.53. The minimum Gasteiger partial charge on any atom is -0.478 e. The van der Waals surface area contributed by atoms with Crippen LogP contribution in [0.15, 0.2) is 59.3 Å². The lowest BCUT2D eigenvalue weighted by Gasteiger charge is -2.45. The number of aliphatic hydroxyl groups is 1. The molecule has 2 aromatic carbocycles. The lowest BCUT2D eigenvalue weighted by Crippen LogP contribution is -2.62. The highest BCUT2D eigenvalue weighted by atomic mass is 35.5. The fourth-order valence-corrected chi connectivity index (χ4v) is 4.89. The van der Waals surface area contributed by atoms with Crippen LogP contribution in [-0.4, -0.2) is 54.6 Å². The Balaban J connectivity index is 2.06. The summed E-state index contributed by atoms with van der Waals surface area (Å²) in [4.78, 5) is 62.1. The second-order valence-electron chi connectivity index (χ2n) is 10.1. The first-order chi connectivity index (χ1) is 19.1. The molecule has 0 aliphatic carbocycles. The van der Waals surface area contributed by atoms with Crippen LogP contribution >= 0.6 is 23.4 Å². The average molecular weight is 607 g/mol. The summed E-state index contributed by atoms with van der Waals surface area (Å²) in [7, 11) is 0. The van der Waals surface area contributed by atoms with Gasteiger partial charge in [0.2, 0.25) is 11.0 Å². The lowest BCUT2D eigenvalue weighted by molar-refractivity contribution is -0.384. The highest BCUT2D eigenvalue weighted by Crippen LogP contribution is 2.41. The number of nitro groups is 1. The fourth-order valence-electron chi connectivity index (χ4n) is 3.49. The number of non-ortho nitro benzene ring substituents is 1. The van der Waals surface area contributed by atoms with Gasteiger partial charge in [-0.25, -0.2) is 9.59 Å². The molecule has 0 unspecified atom stereocenters. The summed E-state index contributed by atoms with van der Waals surface area (Å²) in [6.07, 6.45) is -1.14. The van der Waals surface area contributed by atoms with Gasteiger partial charge in [-0.15, -0.1) is 0 Å². The predicted octanol–water partition coefficient (Wildman–Crippen LogP) is 4.29. The molecule has 2 N–H and O–H groups in total. The number of ether oxygens (including phenoxy) is 2. The van der Waals surface area contributed by atoms with E-state index in [-0.39, 0.29) is 28.7 Å². The Morgan fingerprint density at radius 2 is 1.71 bits per heavy atom. The maximum Gasteiger partial charge on any atom is 0.359 e. The number of hydrogen-bond acceptors (Lipinski definition) is 10. The first-order valence-electron chi connectivity index (χ1n) is 12.1. The van der Waals surface area contributed by atoms with Gasteiger partial charge in [0.1, 0.15) is 17.9 Å². The van der Waals surface area contributed by atoms with E-state index in [0.29, 0.717) is 17.3 Å². The number of amides is 1. The Kier molecular flexibility index (Phi) is 9.79. The van der Waals surface area contributed by atoms with Crippen molar-refractivity contribution in [3.8, 4) is 5.75 Å². The number of thioether (sulfide) groups is 1. The van der Waals surface area contributed by atoms with Crippen molar-refractivity contribution in [3.05, 3.63) is 80.6 Å². The van der Waals surface area contributed by atoms with Gasteiger partial charge in [0, 0.05) is 17.5 Å². The number of rotatable bonds is 10. The molecule has 0 spiro atoms. The number of benzene rings is 2. The zero-order valence-corrected chi connectivity index (χ0v) is 24.0. The van der Waals surface area contributed by atoms with Crippen LogP contribution in [0.3, 0.4) is 0 Å². The number of esters is 1. The Labute approximate surface area is 244 Å². The molecule has 0 saturated carbocycles. The number of carbonyl (C=O) groups is 4. The summed E-state index contributed by atoms with van der Waals surface area (Å²) < 4.78 is 11.3. The van der Waals surface area contributed by atoms with Crippen molar-refractivity contribution in [2.75, 3.05) is 0 Å². The first-order valence-corrected chi connectivity index (χ1v) is 13.4. The molecular formula is C27H27ClN2O10S. The van der Waals surface area contributed by atoms with Gasteiger partial charge in [0.25, 0.3) is 5.69 Å². The Morgan fingerprint density at radius 1 is 1.12 bits per heavy atom. The number of aromatic carboxylic acids is 1. The van der Waals surface area contributed by atoms with E-state index in [2.05, 4.69) is 0 Å². The summed E-state index contributed by atoms with van der Waals surface area (Å²) in [5, 5.41) is 29.3. The van der Waals surface area contributed by atoms with E-state index < -0.39 is 56.5 Å². The molecule has 3 rings (SSSR count). The number of alkyl halides is 1. The molecule has 2 aromatic rings. The van der Waals surface area contributed by atoms with Crippen molar-refractivity contribution in [2.45, 2.75) is 45.9 Å². The van der Waals surface area contributed by atoms with Crippen molar-refractivity contribution in [1.82, 2.24) is 4.90 Å². The molecule has 14 heteroatoms. The molecule has 1 heterocycles. The maximum absolute atomic E-state index is 13.5. The number of nitro benzene ring substituents is 1. The van der Waals surface area contributed by atoms with Crippen LogP contribution in [-0.2, 0) is 25.7 Å². The quantitative estimate of drug-likeness (QED) is 0.0577. The predicted molar refractivity (Wildman–Crippen MR) is 148 cm³/mol. The summed E-state index contributed by atoms with van der Waals surface area (Å²) in [5.74, 6) is -3.99. The van der Waals surface area contributed by atoms with Crippen LogP contribution in [0.2, 0.25) is 0 Å². The number of hydrogen-bond donors (Lipinski definition) is 2. The lowest BCUT2D eigenvalue weighted by atomic mass is 9.92. The van der Waals surface area contributed by atoms with Crippen LogP contribution in [0.5, 0.6) is 5.75 Å². The van der Waals surface area contributed by atoms with Gasteiger partial charge in [-0.05, 0) is 60.6 Å². The molecule has 218 valence electrons. The molecule has 12 nitrogen and oxygen atoms in total. The van der Waals surface area contributed by atoms with Gasteiger partial charge >= 0.3 is 11.9 Å². The molecule has 1 saturated heterocycles. The second-order valence-corrected chi connectivity index (χ2v) is 11.4. The van der Waals surface area contributed by atoms with Crippen molar-refractivity contribution < 1.29 is 43.8 Å². The van der Waals surface area contributed by atoms with Crippen LogP contribution in [0.1, 0.15) is 43.6 Å². The van der Waals surface area contributed by atoms with Gasteiger partial charge < -0.3 is 19.7 Å². The highest BCUT2D eigenvalue weighted by molar-refractivity contribution is 8.16. The summed E-state index contributed by atoms with van der Waals surface area (Å²) in [6, 6.07) is 10.3. The molecule has 1 aliphatic heterocycles. The first kappa shape index (κ1) is 31.6. The summed E-state index contributed by atoms with van der Waals surface area (Å²) in [6.45, 7) is 5.92. The van der Waals surface area contributed by atoms with E-state index in [4.69, 9.17) is 21.1 Å². The molecule has 0 bridgehead atoms. The van der Waals surface area contributed by atoms with Crippen LogP contribution in [0.25, 0.3) is 0 Å². The minimum absolute atomic E-state index is 0.0393. The molecular weight excluding hydrogens is 580 g/mol.